The van der Waals surface area contributed by atoms with Crippen LogP contribution in [0.15, 0.2) is 42.9 Å². The topological polar surface area (TPSA) is 89.1 Å². The Kier molecular flexibility index (Phi) is 4.90. The average Bonchev–Trinajstić information content (AvgIpc) is 3.09. The van der Waals surface area contributed by atoms with E-state index in [1.165, 1.54) is 19.3 Å². The molecule has 1 amide bonds. The Bertz CT molecular complexity index is 1060. The summed E-state index contributed by atoms with van der Waals surface area (Å²) in [7, 11) is 0. The number of hydrogen-bond donors (Lipinski definition) is 2. The molecule has 0 radical (unpaired) electrons. The number of carbonyl (C=O) groups is 1. The van der Waals surface area contributed by atoms with E-state index in [-0.39, 0.29) is 11.9 Å². The molecule has 2 fully saturated rings. The van der Waals surface area contributed by atoms with Crippen LogP contribution < -0.4 is 16.0 Å². The predicted octanol–water partition coefficient (Wildman–Crippen LogP) is 3.58. The number of piperidine rings is 1. The van der Waals surface area contributed by atoms with Crippen LogP contribution in [0.5, 0.6) is 0 Å². The van der Waals surface area contributed by atoms with Gasteiger partial charge < -0.3 is 20.5 Å². The molecule has 3 aromatic heterocycles. The van der Waals surface area contributed by atoms with Crippen molar-refractivity contribution < 1.29 is 4.79 Å². The Morgan fingerprint density at radius 2 is 2.07 bits per heavy atom. The van der Waals surface area contributed by atoms with E-state index in [9.17, 15) is 4.79 Å². The van der Waals surface area contributed by atoms with Crippen molar-refractivity contribution in [3.05, 3.63) is 48.5 Å². The maximum atomic E-state index is 13.1. The molecule has 156 valence electrons. The quantitative estimate of drug-likeness (QED) is 0.694. The van der Waals surface area contributed by atoms with Crippen molar-refractivity contribution in [3.8, 4) is 0 Å². The lowest BCUT2D eigenvalue weighted by Crippen LogP contribution is -2.46. The molecule has 5 rings (SSSR count). The smallest absolute Gasteiger partial charge is 0.274 e. The predicted molar refractivity (Wildman–Crippen MR) is 119 cm³/mol. The van der Waals surface area contributed by atoms with Crippen LogP contribution in [0.3, 0.4) is 0 Å². The number of fused-ring (bicyclic) bond motifs is 1. The lowest BCUT2D eigenvalue weighted by Gasteiger charge is -2.37. The highest BCUT2D eigenvalue weighted by atomic mass is 16.1. The largest absolute Gasteiger partial charge is 0.368 e. The number of nitrogens with two attached hydrogens (primary N) is 1. The van der Waals surface area contributed by atoms with Gasteiger partial charge in [-0.15, -0.1) is 0 Å². The molecule has 2 aliphatic rings. The number of nitrogens with one attached hydrogen (secondary N) is 1. The monoisotopic (exact) mass is 404 g/mol. The van der Waals surface area contributed by atoms with Gasteiger partial charge in [0, 0.05) is 43.0 Å². The first-order valence-electron chi connectivity index (χ1n) is 10.8. The first-order chi connectivity index (χ1) is 14.6. The van der Waals surface area contributed by atoms with Gasteiger partial charge in [0.25, 0.3) is 5.91 Å². The van der Waals surface area contributed by atoms with Crippen molar-refractivity contribution in [1.29, 1.82) is 0 Å². The average molecular weight is 405 g/mol. The molecule has 2 atom stereocenters. The van der Waals surface area contributed by atoms with Crippen molar-refractivity contribution >= 4 is 28.3 Å². The van der Waals surface area contributed by atoms with Gasteiger partial charge in [0.05, 0.1) is 17.6 Å². The maximum Gasteiger partial charge on any atom is 0.274 e. The molecular formula is C23H28N6O. The van der Waals surface area contributed by atoms with E-state index in [4.69, 9.17) is 10.7 Å². The van der Waals surface area contributed by atoms with Gasteiger partial charge in [-0.1, -0.05) is 6.92 Å². The molecule has 4 heterocycles. The van der Waals surface area contributed by atoms with Crippen molar-refractivity contribution in [2.24, 2.45) is 11.7 Å². The van der Waals surface area contributed by atoms with Gasteiger partial charge in [-0.2, -0.15) is 0 Å². The van der Waals surface area contributed by atoms with E-state index in [1.807, 2.05) is 12.1 Å². The summed E-state index contributed by atoms with van der Waals surface area (Å²) >= 11 is 0. The van der Waals surface area contributed by atoms with Gasteiger partial charge in [-0.25, -0.2) is 4.98 Å². The Hall–Kier alpha value is -2.93. The maximum absolute atomic E-state index is 13.1. The number of hydrogen-bond acceptors (Lipinski definition) is 5. The zero-order chi connectivity index (χ0) is 20.7. The molecule has 0 aromatic carbocycles. The Morgan fingerprint density at radius 1 is 1.20 bits per heavy atom. The molecule has 1 aliphatic heterocycles. The molecule has 7 heteroatoms. The third-order valence-electron chi connectivity index (χ3n) is 6.34. The molecule has 1 aliphatic carbocycles. The molecule has 30 heavy (non-hydrogen) atoms. The highest BCUT2D eigenvalue weighted by Crippen LogP contribution is 2.34. The van der Waals surface area contributed by atoms with E-state index >= 15 is 0 Å². The van der Waals surface area contributed by atoms with Crippen LogP contribution in [0.2, 0.25) is 0 Å². The Balaban J connectivity index is 1.40. The highest BCUT2D eigenvalue weighted by molar-refractivity contribution is 6.05. The summed E-state index contributed by atoms with van der Waals surface area (Å²) in [6.45, 7) is 3.90. The molecule has 1 saturated carbocycles. The fraction of sp³-hybridized carbons (Fsp3) is 0.435. The van der Waals surface area contributed by atoms with Crippen LogP contribution in [0.25, 0.3) is 11.0 Å². The summed E-state index contributed by atoms with van der Waals surface area (Å²) in [5, 5.41) is 4.10. The summed E-state index contributed by atoms with van der Waals surface area (Å²) in [5.74, 6) is 0.288. The van der Waals surface area contributed by atoms with E-state index in [1.54, 1.807) is 18.5 Å². The van der Waals surface area contributed by atoms with E-state index in [0.29, 0.717) is 23.3 Å². The number of nitrogens with zero attached hydrogens (tertiary/aromatic N) is 4. The van der Waals surface area contributed by atoms with Crippen LogP contribution in [0.1, 0.15) is 49.1 Å². The molecule has 3 N–H and O–H groups in total. The molecule has 0 bridgehead atoms. The van der Waals surface area contributed by atoms with Crippen LogP contribution in [-0.2, 0) is 0 Å². The fourth-order valence-corrected chi connectivity index (χ4v) is 4.66. The minimum atomic E-state index is -0.220. The summed E-state index contributed by atoms with van der Waals surface area (Å²) in [6, 6.07) is 8.41. The third-order valence-corrected chi connectivity index (χ3v) is 6.34. The second kappa shape index (κ2) is 7.72. The summed E-state index contributed by atoms with van der Waals surface area (Å²) in [4.78, 5) is 24.2. The van der Waals surface area contributed by atoms with E-state index in [0.717, 1.165) is 36.2 Å². The van der Waals surface area contributed by atoms with E-state index in [2.05, 4.69) is 39.0 Å². The Labute approximate surface area is 176 Å². The zero-order valence-electron chi connectivity index (χ0n) is 17.3. The van der Waals surface area contributed by atoms with Crippen LogP contribution in [0.4, 0.5) is 11.4 Å². The number of rotatable bonds is 4. The first kappa shape index (κ1) is 19.1. The van der Waals surface area contributed by atoms with Crippen molar-refractivity contribution in [2.45, 2.75) is 44.7 Å². The molecule has 0 spiro atoms. The minimum Gasteiger partial charge on any atom is -0.368 e. The van der Waals surface area contributed by atoms with E-state index < -0.39 is 0 Å². The first-order valence-corrected chi connectivity index (χ1v) is 10.8. The summed E-state index contributed by atoms with van der Waals surface area (Å²) in [5.41, 5.74) is 9.19. The van der Waals surface area contributed by atoms with Crippen LogP contribution in [0, 0.1) is 5.92 Å². The molecule has 2 unspecified atom stereocenters. The van der Waals surface area contributed by atoms with Crippen molar-refractivity contribution in [3.63, 3.8) is 0 Å². The molecular weight excluding hydrogens is 376 g/mol. The lowest BCUT2D eigenvalue weighted by atomic mass is 9.93. The molecule has 1 saturated heterocycles. The molecule has 3 aromatic rings. The van der Waals surface area contributed by atoms with Gasteiger partial charge in [-0.05, 0) is 55.9 Å². The van der Waals surface area contributed by atoms with Crippen LogP contribution in [-0.4, -0.2) is 39.6 Å². The lowest BCUT2D eigenvalue weighted by molar-refractivity contribution is 0.102. The van der Waals surface area contributed by atoms with Gasteiger partial charge in [-0.3, -0.25) is 9.78 Å². The second-order valence-corrected chi connectivity index (χ2v) is 8.77. The summed E-state index contributed by atoms with van der Waals surface area (Å²) in [6.07, 6.45) is 10.2. The second-order valence-electron chi connectivity index (χ2n) is 8.77. The number of anilines is 2. The van der Waals surface area contributed by atoms with Gasteiger partial charge in [0.15, 0.2) is 0 Å². The highest BCUT2D eigenvalue weighted by Gasteiger charge is 2.25. The number of pyridine rings is 2. The standard InChI is InChI=1S/C23H28N6O/c1-15-11-17(24)14-28(13-15)21-7-9-25-12-20(21)27-23(30)19-6-5-16-8-10-29(22(16)26-19)18-3-2-4-18/h5-10,12,15,17-18H,2-4,11,13-14,24H2,1H3,(H,27,30). The van der Waals surface area contributed by atoms with Crippen molar-refractivity contribution in [1.82, 2.24) is 14.5 Å². The number of aromatic nitrogens is 3. The third kappa shape index (κ3) is 3.54. The zero-order valence-corrected chi connectivity index (χ0v) is 17.3. The number of amides is 1. The van der Waals surface area contributed by atoms with Crippen LogP contribution >= 0.6 is 0 Å². The van der Waals surface area contributed by atoms with Gasteiger partial charge in [0.2, 0.25) is 0 Å². The van der Waals surface area contributed by atoms with Gasteiger partial charge in [0.1, 0.15) is 11.3 Å². The number of carbonyl (C=O) groups excluding carboxylic acids is 1. The minimum absolute atomic E-state index is 0.133. The van der Waals surface area contributed by atoms with Gasteiger partial charge >= 0.3 is 0 Å². The summed E-state index contributed by atoms with van der Waals surface area (Å²) < 4.78 is 2.21. The fourth-order valence-electron chi connectivity index (χ4n) is 4.66. The van der Waals surface area contributed by atoms with Crippen molar-refractivity contribution in [2.75, 3.05) is 23.3 Å². The molecule has 7 nitrogen and oxygen atoms in total. The SMILES string of the molecule is CC1CC(N)CN(c2ccncc2NC(=O)c2ccc3ccn(C4CCC4)c3n2)C1. The Morgan fingerprint density at radius 3 is 2.83 bits per heavy atom. The normalized spacial score (nSPS) is 22.1.